The Labute approximate surface area is 345 Å². The molecule has 0 unspecified atom stereocenters. The molecule has 286 valence electrons. The van der Waals surface area contributed by atoms with Crippen LogP contribution >= 0.6 is 0 Å². The minimum Gasteiger partial charge on any atom is -1.00 e. The van der Waals surface area contributed by atoms with Crippen molar-refractivity contribution in [3.05, 3.63) is 145 Å². The largest absolute Gasteiger partial charge is 1.00 e. The molecular weight excluding hydrogens is 788 g/mol. The van der Waals surface area contributed by atoms with Crippen molar-refractivity contribution < 1.29 is 31.1 Å². The second kappa shape index (κ2) is 17.1. The molecule has 11 heteroatoms. The van der Waals surface area contributed by atoms with E-state index in [9.17, 15) is 4.79 Å². The first-order chi connectivity index (χ1) is 28.1. The minimum atomic E-state index is -0.144. The molecule has 8 bridgehead atoms. The Morgan fingerprint density at radius 3 is 1.26 bits per heavy atom. The maximum absolute atomic E-state index is 11.9. The van der Waals surface area contributed by atoms with Gasteiger partial charge in [-0.25, -0.2) is 14.5 Å². The van der Waals surface area contributed by atoms with E-state index in [0.29, 0.717) is 13.0 Å². The Kier molecular flexibility index (Phi) is 11.2. The SMILES string of the molecule is CCOC(=O)CCCC[n+]1ccc(-c2c3nc(c(-c4ccncc4)c4ccc([nH]4)c(-c4ccncc4)c4nc(c(-c5ccncc5)c5ccc2[nH]5)C=C4)C=C3)cc1.[Br-]. The summed E-state index contributed by atoms with van der Waals surface area (Å²) in [5, 5.41) is 0. The van der Waals surface area contributed by atoms with E-state index in [1.807, 2.05) is 80.5 Å². The van der Waals surface area contributed by atoms with Crippen LogP contribution in [-0.4, -0.2) is 47.5 Å². The number of nitrogens with zero attached hydrogens (tertiary/aromatic N) is 6. The van der Waals surface area contributed by atoms with Crippen LogP contribution < -0.4 is 21.5 Å². The van der Waals surface area contributed by atoms with E-state index in [-0.39, 0.29) is 23.0 Å². The number of ether oxygens (including phenoxy) is 1. The molecule has 0 fully saturated rings. The number of nitrogens with one attached hydrogen (secondary N) is 2. The molecule has 0 amide bonds. The molecule has 0 aromatic carbocycles. The molecule has 58 heavy (non-hydrogen) atoms. The van der Waals surface area contributed by atoms with E-state index >= 15 is 0 Å². The van der Waals surface area contributed by atoms with Gasteiger partial charge in [-0.05, 0) is 121 Å². The van der Waals surface area contributed by atoms with E-state index in [0.717, 1.165) is 109 Å². The molecule has 0 aliphatic carbocycles. The monoisotopic (exact) mass is 826 g/mol. The Balaban J connectivity index is 0.00000469. The first-order valence-corrected chi connectivity index (χ1v) is 19.2. The van der Waals surface area contributed by atoms with Crippen LogP contribution in [0, 0.1) is 0 Å². The lowest BCUT2D eigenvalue weighted by atomic mass is 10.0. The van der Waals surface area contributed by atoms with Crippen molar-refractivity contribution in [2.75, 3.05) is 6.61 Å². The summed E-state index contributed by atoms with van der Waals surface area (Å²) in [7, 11) is 0. The first kappa shape index (κ1) is 38.0. The zero-order valence-corrected chi connectivity index (χ0v) is 33.4. The zero-order chi connectivity index (χ0) is 38.6. The highest BCUT2D eigenvalue weighted by Gasteiger charge is 2.19. The van der Waals surface area contributed by atoms with Crippen molar-refractivity contribution in [1.82, 2.24) is 34.9 Å². The number of fused-ring (bicyclic) bond motifs is 8. The van der Waals surface area contributed by atoms with Gasteiger partial charge in [0.05, 0.1) is 29.4 Å². The smallest absolute Gasteiger partial charge is 0.305 e. The number of carbonyl (C=O) groups is 1. The predicted octanol–water partition coefficient (Wildman–Crippen LogP) is 6.53. The summed E-state index contributed by atoms with van der Waals surface area (Å²) in [6.45, 7) is 3.04. The minimum absolute atomic E-state index is 0. The summed E-state index contributed by atoms with van der Waals surface area (Å²) in [4.78, 5) is 43.1. The van der Waals surface area contributed by atoms with Crippen LogP contribution in [0.25, 0.3) is 90.9 Å². The van der Waals surface area contributed by atoms with E-state index in [1.165, 1.54) is 0 Å². The lowest BCUT2D eigenvalue weighted by Gasteiger charge is -2.06. The van der Waals surface area contributed by atoms with Crippen molar-refractivity contribution in [3.8, 4) is 44.5 Å². The summed E-state index contributed by atoms with van der Waals surface area (Å²) in [5.41, 5.74) is 14.8. The summed E-state index contributed by atoms with van der Waals surface area (Å²) >= 11 is 0. The highest BCUT2D eigenvalue weighted by atomic mass is 79.9. The van der Waals surface area contributed by atoms with Crippen molar-refractivity contribution in [1.29, 1.82) is 0 Å². The number of carbonyl (C=O) groups excluding carboxylic acids is 1. The van der Waals surface area contributed by atoms with Gasteiger partial charge in [-0.1, -0.05) is 0 Å². The summed E-state index contributed by atoms with van der Waals surface area (Å²) < 4.78 is 7.25. The van der Waals surface area contributed by atoms with Gasteiger partial charge in [-0.15, -0.1) is 0 Å². The van der Waals surface area contributed by atoms with Crippen molar-refractivity contribution >= 4 is 52.3 Å². The number of esters is 1. The van der Waals surface area contributed by atoms with Gasteiger partial charge in [-0.2, -0.15) is 0 Å². The Morgan fingerprint density at radius 2 is 0.897 bits per heavy atom. The summed E-state index contributed by atoms with van der Waals surface area (Å²) in [6.07, 6.45) is 25.5. The normalized spacial score (nSPS) is 11.7. The molecule has 2 N–H and O–H groups in total. The number of hydrogen-bond donors (Lipinski definition) is 2. The zero-order valence-electron chi connectivity index (χ0n) is 31.8. The first-order valence-electron chi connectivity index (χ1n) is 19.2. The molecule has 10 nitrogen and oxygen atoms in total. The number of hydrogen-bond acceptors (Lipinski definition) is 7. The third kappa shape index (κ3) is 7.76. The molecule has 9 heterocycles. The van der Waals surface area contributed by atoms with Gasteiger partial charge in [0.25, 0.3) is 0 Å². The van der Waals surface area contributed by atoms with Gasteiger partial charge in [0.1, 0.15) is 6.54 Å². The second-order valence-electron chi connectivity index (χ2n) is 13.8. The lowest BCUT2D eigenvalue weighted by Crippen LogP contribution is -3.00. The van der Waals surface area contributed by atoms with E-state index < -0.39 is 0 Å². The topological polar surface area (TPSA) is 126 Å². The highest BCUT2D eigenvalue weighted by Crippen LogP contribution is 2.38. The van der Waals surface area contributed by atoms with E-state index in [1.54, 1.807) is 0 Å². The number of H-pyrrole nitrogens is 2. The van der Waals surface area contributed by atoms with Gasteiger partial charge in [0, 0.05) is 106 Å². The van der Waals surface area contributed by atoms with Gasteiger partial charge in [0.2, 0.25) is 0 Å². The van der Waals surface area contributed by atoms with E-state index in [4.69, 9.17) is 14.7 Å². The summed E-state index contributed by atoms with van der Waals surface area (Å²) in [6, 6.07) is 24.8. The third-order valence-corrected chi connectivity index (χ3v) is 10.2. The molecule has 0 atom stereocenters. The lowest BCUT2D eigenvalue weighted by molar-refractivity contribution is -0.697. The molecule has 9 rings (SSSR count). The standard InChI is InChI=1S/C47H38N8O2.BrH/c1-2-57-43(56)5-3-4-28-55-29-20-34(21-30-55)47-41-12-10-39(53-41)45(32-16-24-49-25-17-32)37-8-6-35(51-37)44(31-14-22-48-23-15-31)36-7-9-38(52-36)46(33-18-26-50-27-19-33)40-11-13-42(47)54-40;/h6-27,29-30H,2-5,28H2,1H3,(H,51,52,53,54);1H. The summed E-state index contributed by atoms with van der Waals surface area (Å²) in [5.74, 6) is -0.144. The Hall–Kier alpha value is -6.85. The number of rotatable bonds is 10. The van der Waals surface area contributed by atoms with Crippen LogP contribution in [-0.2, 0) is 16.1 Å². The average Bonchev–Trinajstić information content (AvgIpc) is 4.10. The number of aromatic amines is 2. The molecular formula is C47H39BrN8O2. The van der Waals surface area contributed by atoms with Crippen molar-refractivity contribution in [2.24, 2.45) is 0 Å². The third-order valence-electron chi connectivity index (χ3n) is 10.2. The maximum atomic E-state index is 11.9. The van der Waals surface area contributed by atoms with Gasteiger partial charge >= 0.3 is 5.97 Å². The van der Waals surface area contributed by atoms with E-state index in [2.05, 4.69) is 103 Å². The number of aryl methyl sites for hydroxylation is 1. The molecule has 0 saturated heterocycles. The van der Waals surface area contributed by atoms with Gasteiger partial charge in [-0.3, -0.25) is 19.7 Å². The molecule has 7 aromatic rings. The van der Waals surface area contributed by atoms with Gasteiger partial charge < -0.3 is 31.7 Å². The highest BCUT2D eigenvalue weighted by molar-refractivity contribution is 5.99. The number of aromatic nitrogens is 8. The quantitative estimate of drug-likeness (QED) is 0.0913. The van der Waals surface area contributed by atoms with Gasteiger partial charge in [0.15, 0.2) is 12.4 Å². The van der Waals surface area contributed by atoms with Crippen LogP contribution in [0.15, 0.2) is 122 Å². The fraction of sp³-hybridized carbons (Fsp3) is 0.128. The fourth-order valence-electron chi connectivity index (χ4n) is 7.55. The Morgan fingerprint density at radius 1 is 0.534 bits per heavy atom. The maximum Gasteiger partial charge on any atom is 0.305 e. The number of unbranched alkanes of at least 4 members (excludes halogenated alkanes) is 1. The Bertz CT molecular complexity index is 2780. The molecule has 2 aliphatic heterocycles. The predicted molar refractivity (Wildman–Crippen MR) is 225 cm³/mol. The fourth-order valence-corrected chi connectivity index (χ4v) is 7.55. The van der Waals surface area contributed by atoms with Crippen LogP contribution in [0.2, 0.25) is 0 Å². The molecule has 7 aromatic heterocycles. The number of halogens is 1. The molecule has 0 spiro atoms. The average molecular weight is 828 g/mol. The molecule has 0 radical (unpaired) electrons. The van der Waals surface area contributed by atoms with Crippen molar-refractivity contribution in [2.45, 2.75) is 32.7 Å². The second-order valence-corrected chi connectivity index (χ2v) is 13.8. The van der Waals surface area contributed by atoms with Crippen molar-refractivity contribution in [3.63, 3.8) is 0 Å². The van der Waals surface area contributed by atoms with Crippen LogP contribution in [0.4, 0.5) is 0 Å². The molecule has 2 aliphatic rings. The molecule has 0 saturated carbocycles. The number of pyridine rings is 4. The van der Waals surface area contributed by atoms with Crippen LogP contribution in [0.5, 0.6) is 0 Å². The van der Waals surface area contributed by atoms with Crippen LogP contribution in [0.3, 0.4) is 0 Å². The van der Waals surface area contributed by atoms with Crippen LogP contribution in [0.1, 0.15) is 49.0 Å².